The molecule has 35 heavy (non-hydrogen) atoms. The Kier molecular flexibility index (Phi) is 9.24. The predicted molar refractivity (Wildman–Crippen MR) is 135 cm³/mol. The summed E-state index contributed by atoms with van der Waals surface area (Å²) in [5.74, 6) is 0. The molecule has 2 aromatic rings. The van der Waals surface area contributed by atoms with Gasteiger partial charge in [-0.05, 0) is 53.5 Å². The lowest BCUT2D eigenvalue weighted by molar-refractivity contribution is -0.184. The van der Waals surface area contributed by atoms with E-state index in [2.05, 4.69) is 29.5 Å². The van der Waals surface area contributed by atoms with Crippen molar-refractivity contribution in [2.45, 2.75) is 51.1 Å². The molecule has 3 rings (SSSR count). The van der Waals surface area contributed by atoms with Gasteiger partial charge in [-0.1, -0.05) is 32.0 Å². The maximum Gasteiger partial charge on any atom is 0.250 e. The molecule has 1 heterocycles. The summed E-state index contributed by atoms with van der Waals surface area (Å²) >= 11 is 0. The Morgan fingerprint density at radius 1 is 1.11 bits per heavy atom. The predicted octanol–water partition coefficient (Wildman–Crippen LogP) is 1.73. The fraction of sp³-hybridized carbons (Fsp3) is 0.480. The van der Waals surface area contributed by atoms with Crippen LogP contribution in [0, 0.1) is 11.3 Å². The highest BCUT2D eigenvalue weighted by molar-refractivity contribution is 7.93. The van der Waals surface area contributed by atoms with E-state index in [1.165, 1.54) is 6.08 Å². The molecule has 190 valence electrons. The number of sulfonamides is 1. The van der Waals surface area contributed by atoms with Crippen molar-refractivity contribution in [3.63, 3.8) is 0 Å². The molecule has 0 aliphatic carbocycles. The van der Waals surface area contributed by atoms with Crippen molar-refractivity contribution in [2.75, 3.05) is 31.1 Å². The summed E-state index contributed by atoms with van der Waals surface area (Å²) in [7, 11) is -4.20. The average molecular weight is 504 g/mol. The van der Waals surface area contributed by atoms with Crippen molar-refractivity contribution in [2.24, 2.45) is 0 Å². The van der Waals surface area contributed by atoms with E-state index in [9.17, 15) is 29.0 Å². The summed E-state index contributed by atoms with van der Waals surface area (Å²) < 4.78 is 32.9. The first-order valence-corrected chi connectivity index (χ1v) is 13.2. The molecule has 4 N–H and O–H groups in total. The van der Waals surface area contributed by atoms with Crippen molar-refractivity contribution in [1.29, 1.82) is 5.26 Å². The minimum atomic E-state index is -4.20. The van der Waals surface area contributed by atoms with Crippen molar-refractivity contribution >= 4 is 32.6 Å². The standard InChI is InChI=1S/C25H33N3O6S/c1-3-9-28(10-4-2)20-8-7-18-11-17(5-6-19(18)13-20)12-21(14-26)35(32,33)27-15-23-25(31)24(30)22(29)16-34-23/h5-8,11-13,22-25,27,29-31H,3-4,9-10,15-16H2,1-2H3/b21-12+/t22-,23+,24+,25+/m0/s1. The van der Waals surface area contributed by atoms with Crippen LogP contribution in [0.15, 0.2) is 41.3 Å². The minimum Gasteiger partial charge on any atom is -0.388 e. The van der Waals surface area contributed by atoms with Crippen LogP contribution in [0.4, 0.5) is 5.69 Å². The highest BCUT2D eigenvalue weighted by Gasteiger charge is 2.38. The number of hydrogen-bond acceptors (Lipinski definition) is 8. The summed E-state index contributed by atoms with van der Waals surface area (Å²) in [5, 5.41) is 40.7. The molecule has 0 bridgehead atoms. The van der Waals surface area contributed by atoms with E-state index in [-0.39, 0.29) is 13.2 Å². The van der Waals surface area contributed by atoms with Crippen LogP contribution in [0.25, 0.3) is 16.8 Å². The van der Waals surface area contributed by atoms with Gasteiger partial charge in [-0.2, -0.15) is 5.26 Å². The number of allylic oxidation sites excluding steroid dienone is 1. The van der Waals surface area contributed by atoms with E-state index >= 15 is 0 Å². The van der Waals surface area contributed by atoms with Gasteiger partial charge < -0.3 is 25.0 Å². The molecule has 0 amide bonds. The second-order valence-corrected chi connectivity index (χ2v) is 10.4. The summed E-state index contributed by atoms with van der Waals surface area (Å²) in [6, 6.07) is 13.3. The number of nitriles is 1. The van der Waals surface area contributed by atoms with Crippen LogP contribution < -0.4 is 9.62 Å². The Labute approximate surface area is 206 Å². The third-order valence-electron chi connectivity index (χ3n) is 5.98. The monoisotopic (exact) mass is 503 g/mol. The number of benzene rings is 2. The van der Waals surface area contributed by atoms with Gasteiger partial charge in [0.25, 0.3) is 10.0 Å². The van der Waals surface area contributed by atoms with Crippen LogP contribution in [0.1, 0.15) is 32.3 Å². The quantitative estimate of drug-likeness (QED) is 0.359. The summed E-state index contributed by atoms with van der Waals surface area (Å²) in [6.07, 6.45) is -1.83. The third-order valence-corrected chi connectivity index (χ3v) is 7.31. The topological polar surface area (TPSA) is 143 Å². The number of nitrogens with one attached hydrogen (secondary N) is 1. The van der Waals surface area contributed by atoms with Gasteiger partial charge in [0.15, 0.2) is 4.91 Å². The normalized spacial score (nSPS) is 23.3. The van der Waals surface area contributed by atoms with Crippen molar-refractivity contribution < 1.29 is 28.5 Å². The number of nitrogens with zero attached hydrogens (tertiary/aromatic N) is 2. The second-order valence-electron chi connectivity index (χ2n) is 8.67. The maximum absolute atomic E-state index is 12.7. The largest absolute Gasteiger partial charge is 0.388 e. The van der Waals surface area contributed by atoms with Gasteiger partial charge >= 0.3 is 0 Å². The first-order chi connectivity index (χ1) is 16.7. The van der Waals surface area contributed by atoms with Crippen molar-refractivity contribution in [1.82, 2.24) is 4.72 Å². The van der Waals surface area contributed by atoms with Crippen molar-refractivity contribution in [3.05, 3.63) is 46.9 Å². The SMILES string of the molecule is CCCN(CCC)c1ccc2cc(/C=C(\C#N)S(=O)(=O)NC[C@H]3OC[C@H](O)[C@@H](O)[C@@H]3O)ccc2c1. The first-order valence-electron chi connectivity index (χ1n) is 11.8. The molecule has 10 heteroatoms. The lowest BCUT2D eigenvalue weighted by atomic mass is 10.0. The second kappa shape index (κ2) is 11.9. The van der Waals surface area contributed by atoms with E-state index in [1.807, 2.05) is 24.3 Å². The molecule has 0 unspecified atom stereocenters. The number of anilines is 1. The van der Waals surface area contributed by atoms with Crippen LogP contribution in [-0.2, 0) is 14.8 Å². The molecule has 0 aromatic heterocycles. The Hall–Kier alpha value is -2.52. The molecule has 0 spiro atoms. The molecule has 1 aliphatic rings. The molecule has 1 aliphatic heterocycles. The number of ether oxygens (including phenoxy) is 1. The van der Waals surface area contributed by atoms with E-state index in [0.29, 0.717) is 5.56 Å². The number of hydrogen-bond donors (Lipinski definition) is 4. The fourth-order valence-corrected chi connectivity index (χ4v) is 5.04. The summed E-state index contributed by atoms with van der Waals surface area (Å²) in [6.45, 7) is 5.64. The lowest BCUT2D eigenvalue weighted by Gasteiger charge is -2.35. The van der Waals surface area contributed by atoms with Crippen molar-refractivity contribution in [3.8, 4) is 6.07 Å². The average Bonchev–Trinajstić information content (AvgIpc) is 2.84. The minimum absolute atomic E-state index is 0.237. The molecule has 4 atom stereocenters. The summed E-state index contributed by atoms with van der Waals surface area (Å²) in [4.78, 5) is 1.85. The molecule has 1 fully saturated rings. The van der Waals surface area contributed by atoms with Gasteiger partial charge in [-0.15, -0.1) is 0 Å². The maximum atomic E-state index is 12.7. The van der Waals surface area contributed by atoms with E-state index in [1.54, 1.807) is 12.1 Å². The van der Waals surface area contributed by atoms with E-state index < -0.39 is 39.3 Å². The Bertz CT molecular complexity index is 1190. The van der Waals surface area contributed by atoms with Crippen LogP contribution in [0.2, 0.25) is 0 Å². The number of aliphatic hydroxyl groups is 3. The Morgan fingerprint density at radius 3 is 2.43 bits per heavy atom. The molecule has 9 nitrogen and oxygen atoms in total. The van der Waals surface area contributed by atoms with Crippen LogP contribution >= 0.6 is 0 Å². The van der Waals surface area contributed by atoms with Gasteiger partial charge in [0.05, 0.1) is 12.7 Å². The van der Waals surface area contributed by atoms with Crippen LogP contribution in [0.5, 0.6) is 0 Å². The smallest absolute Gasteiger partial charge is 0.250 e. The molecule has 2 aromatic carbocycles. The lowest BCUT2D eigenvalue weighted by Crippen LogP contribution is -2.56. The number of aliphatic hydroxyl groups excluding tert-OH is 3. The highest BCUT2D eigenvalue weighted by Crippen LogP contribution is 2.25. The fourth-order valence-electron chi connectivity index (χ4n) is 4.09. The van der Waals surface area contributed by atoms with Crippen LogP contribution in [0.3, 0.4) is 0 Å². The zero-order valence-electron chi connectivity index (χ0n) is 20.0. The summed E-state index contributed by atoms with van der Waals surface area (Å²) in [5.41, 5.74) is 1.69. The van der Waals surface area contributed by atoms with E-state index in [4.69, 9.17) is 4.74 Å². The number of fused-ring (bicyclic) bond motifs is 1. The van der Waals surface area contributed by atoms with Gasteiger partial charge in [-0.25, -0.2) is 13.1 Å². The molecule has 0 saturated carbocycles. The van der Waals surface area contributed by atoms with Crippen LogP contribution in [-0.4, -0.2) is 74.4 Å². The Balaban J connectivity index is 1.78. The third kappa shape index (κ3) is 6.58. The highest BCUT2D eigenvalue weighted by atomic mass is 32.2. The number of rotatable bonds is 10. The molecular weight excluding hydrogens is 470 g/mol. The zero-order chi connectivity index (χ0) is 25.6. The van der Waals surface area contributed by atoms with Gasteiger partial charge in [-0.3, -0.25) is 0 Å². The van der Waals surface area contributed by atoms with Gasteiger partial charge in [0, 0.05) is 25.3 Å². The molecule has 1 saturated heterocycles. The zero-order valence-corrected chi connectivity index (χ0v) is 20.8. The van der Waals surface area contributed by atoms with Gasteiger partial charge in [0.1, 0.15) is 24.4 Å². The molecule has 0 radical (unpaired) electrons. The first kappa shape index (κ1) is 27.1. The van der Waals surface area contributed by atoms with Gasteiger partial charge in [0.2, 0.25) is 0 Å². The Morgan fingerprint density at radius 2 is 1.77 bits per heavy atom. The van der Waals surface area contributed by atoms with E-state index in [0.717, 1.165) is 42.4 Å². The molecular formula is C25H33N3O6S.